The van der Waals surface area contributed by atoms with Crippen LogP contribution in [0.1, 0.15) is 12.8 Å². The Labute approximate surface area is 126 Å². The van der Waals surface area contributed by atoms with E-state index in [1.165, 1.54) is 38.5 Å². The Hall–Kier alpha value is -2.76. The fraction of sp³-hybridized carbons (Fsp3) is 0.250. The smallest absolute Gasteiger partial charge is 0.205 e. The van der Waals surface area contributed by atoms with E-state index in [4.69, 9.17) is 9.47 Å². The zero-order valence-corrected chi connectivity index (χ0v) is 12.2. The molecule has 0 saturated carbocycles. The second-order valence-corrected chi connectivity index (χ2v) is 4.72. The van der Waals surface area contributed by atoms with Gasteiger partial charge in [0.25, 0.3) is 0 Å². The van der Waals surface area contributed by atoms with Crippen molar-refractivity contribution in [3.05, 3.63) is 47.0 Å². The summed E-state index contributed by atoms with van der Waals surface area (Å²) in [6.45, 7) is 0. The predicted molar refractivity (Wildman–Crippen MR) is 75.6 cm³/mol. The highest BCUT2D eigenvalue weighted by atomic mass is 16.5. The van der Waals surface area contributed by atoms with Crippen LogP contribution in [-0.2, 0) is 28.7 Å². The molecule has 0 bridgehead atoms. The SMILES string of the molecule is COC1=C/C(=C/C=C2\C=C(OC)C(=O)CC2=O)C(=O)CC1=O. The molecule has 22 heavy (non-hydrogen) atoms. The summed E-state index contributed by atoms with van der Waals surface area (Å²) in [7, 11) is 2.69. The molecule has 114 valence electrons. The minimum Gasteiger partial charge on any atom is -0.493 e. The number of carbonyl (C=O) groups is 4. The van der Waals surface area contributed by atoms with Crippen LogP contribution in [0.4, 0.5) is 0 Å². The number of hydrogen-bond acceptors (Lipinski definition) is 6. The monoisotopic (exact) mass is 302 g/mol. The van der Waals surface area contributed by atoms with E-state index < -0.39 is 0 Å². The maximum absolute atomic E-state index is 11.8. The first-order valence-corrected chi connectivity index (χ1v) is 6.52. The van der Waals surface area contributed by atoms with Crippen LogP contribution in [0.25, 0.3) is 0 Å². The standard InChI is InChI=1S/C16H14O6/c1-21-15-5-9(11(17)7-13(15)19)3-4-10-6-16(22-2)14(20)8-12(10)18/h3-6H,7-8H2,1-2H3/b9-3-,10-4+. The molecule has 6 heteroatoms. The summed E-state index contributed by atoms with van der Waals surface area (Å²) in [6, 6.07) is 0. The van der Waals surface area contributed by atoms with Crippen LogP contribution in [0.15, 0.2) is 47.0 Å². The van der Waals surface area contributed by atoms with Gasteiger partial charge >= 0.3 is 0 Å². The second kappa shape index (κ2) is 6.34. The average molecular weight is 302 g/mol. The van der Waals surface area contributed by atoms with Crippen LogP contribution < -0.4 is 0 Å². The lowest BCUT2D eigenvalue weighted by atomic mass is 9.94. The lowest BCUT2D eigenvalue weighted by molar-refractivity contribution is -0.127. The summed E-state index contributed by atoms with van der Waals surface area (Å²) in [6.07, 6.45) is 5.01. The summed E-state index contributed by atoms with van der Waals surface area (Å²) in [5, 5.41) is 0. The molecule has 0 radical (unpaired) electrons. The molecule has 0 saturated heterocycles. The van der Waals surface area contributed by atoms with Crippen molar-refractivity contribution in [1.82, 2.24) is 0 Å². The molecule has 2 aliphatic carbocycles. The number of allylic oxidation sites excluding steroid dienone is 8. The van der Waals surface area contributed by atoms with Crippen molar-refractivity contribution in [2.24, 2.45) is 0 Å². The van der Waals surface area contributed by atoms with Crippen molar-refractivity contribution in [3.63, 3.8) is 0 Å². The Kier molecular flexibility index (Phi) is 4.50. The minimum absolute atomic E-state index is 0.0996. The third-order valence-electron chi connectivity index (χ3n) is 3.29. The van der Waals surface area contributed by atoms with E-state index in [9.17, 15) is 19.2 Å². The summed E-state index contributed by atoms with van der Waals surface area (Å²) in [5.41, 5.74) is 0.530. The van der Waals surface area contributed by atoms with Crippen molar-refractivity contribution in [2.45, 2.75) is 12.8 Å². The van der Waals surface area contributed by atoms with E-state index in [1.54, 1.807) is 0 Å². The Morgan fingerprint density at radius 1 is 0.727 bits per heavy atom. The lowest BCUT2D eigenvalue weighted by Gasteiger charge is -2.13. The number of Topliss-reactive ketones (excluding diaryl/α,β-unsaturated/α-hetero) is 4. The molecule has 0 spiro atoms. The van der Waals surface area contributed by atoms with Gasteiger partial charge in [-0.1, -0.05) is 12.2 Å². The first-order valence-electron chi connectivity index (χ1n) is 6.52. The number of methoxy groups -OCH3 is 2. The second-order valence-electron chi connectivity index (χ2n) is 4.72. The first-order chi connectivity index (χ1) is 10.5. The van der Waals surface area contributed by atoms with E-state index in [2.05, 4.69) is 0 Å². The maximum atomic E-state index is 11.8. The Balaban J connectivity index is 2.36. The number of hydrogen-bond donors (Lipinski definition) is 0. The number of carbonyl (C=O) groups excluding carboxylic acids is 4. The zero-order chi connectivity index (χ0) is 16.3. The van der Waals surface area contributed by atoms with Gasteiger partial charge in [0.2, 0.25) is 11.6 Å². The van der Waals surface area contributed by atoms with E-state index in [-0.39, 0.29) is 58.6 Å². The van der Waals surface area contributed by atoms with E-state index in [0.717, 1.165) is 0 Å². The van der Waals surface area contributed by atoms with Gasteiger partial charge in [0.15, 0.2) is 23.1 Å². The molecule has 0 aliphatic heterocycles. The molecule has 2 aliphatic rings. The lowest BCUT2D eigenvalue weighted by Crippen LogP contribution is -2.19. The Morgan fingerprint density at radius 3 is 1.41 bits per heavy atom. The summed E-state index contributed by atoms with van der Waals surface area (Å²) >= 11 is 0. The van der Waals surface area contributed by atoms with Gasteiger partial charge in [0.05, 0.1) is 27.1 Å². The van der Waals surface area contributed by atoms with Gasteiger partial charge in [-0.3, -0.25) is 19.2 Å². The van der Waals surface area contributed by atoms with Gasteiger partial charge in [-0.25, -0.2) is 0 Å². The van der Waals surface area contributed by atoms with E-state index >= 15 is 0 Å². The fourth-order valence-corrected chi connectivity index (χ4v) is 2.08. The third-order valence-corrected chi connectivity index (χ3v) is 3.29. The van der Waals surface area contributed by atoms with Crippen molar-refractivity contribution in [2.75, 3.05) is 14.2 Å². The zero-order valence-electron chi connectivity index (χ0n) is 12.2. The number of ketones is 4. The fourth-order valence-electron chi connectivity index (χ4n) is 2.08. The first kappa shape index (κ1) is 15.6. The van der Waals surface area contributed by atoms with Crippen molar-refractivity contribution in [3.8, 4) is 0 Å². The van der Waals surface area contributed by atoms with Crippen LogP contribution in [-0.4, -0.2) is 37.4 Å². The molecule has 0 aromatic rings. The molecule has 0 amide bonds. The third kappa shape index (κ3) is 3.11. The summed E-state index contributed by atoms with van der Waals surface area (Å²) in [4.78, 5) is 46.6. The molecule has 0 aromatic carbocycles. The highest BCUT2D eigenvalue weighted by Crippen LogP contribution is 2.20. The molecule has 0 unspecified atom stereocenters. The normalized spacial score (nSPS) is 22.8. The molecule has 0 atom stereocenters. The van der Waals surface area contributed by atoms with Crippen LogP contribution in [0.3, 0.4) is 0 Å². The molecule has 2 rings (SSSR count). The molecule has 0 heterocycles. The molecule has 0 N–H and O–H groups in total. The van der Waals surface area contributed by atoms with Crippen LogP contribution in [0, 0.1) is 0 Å². The molecular formula is C16H14O6. The molecule has 0 fully saturated rings. The van der Waals surface area contributed by atoms with Crippen molar-refractivity contribution < 1.29 is 28.7 Å². The quantitative estimate of drug-likeness (QED) is 0.570. The Morgan fingerprint density at radius 2 is 1.09 bits per heavy atom. The van der Waals surface area contributed by atoms with E-state index in [0.29, 0.717) is 0 Å². The minimum atomic E-state index is -0.377. The number of ether oxygens (including phenoxy) is 2. The Bertz CT molecular complexity index is 627. The maximum Gasteiger partial charge on any atom is 0.205 e. The van der Waals surface area contributed by atoms with E-state index in [1.807, 2.05) is 0 Å². The van der Waals surface area contributed by atoms with Gasteiger partial charge in [0.1, 0.15) is 0 Å². The predicted octanol–water partition coefficient (Wildman–Crippen LogP) is 0.984. The highest BCUT2D eigenvalue weighted by molar-refractivity contribution is 6.19. The highest BCUT2D eigenvalue weighted by Gasteiger charge is 2.25. The van der Waals surface area contributed by atoms with Gasteiger partial charge in [-0.15, -0.1) is 0 Å². The topological polar surface area (TPSA) is 86.7 Å². The molecular weight excluding hydrogens is 288 g/mol. The van der Waals surface area contributed by atoms with Crippen LogP contribution in [0.5, 0.6) is 0 Å². The van der Waals surface area contributed by atoms with Crippen LogP contribution >= 0.6 is 0 Å². The summed E-state index contributed by atoms with van der Waals surface area (Å²) in [5.74, 6) is -1.25. The van der Waals surface area contributed by atoms with Crippen LogP contribution in [0.2, 0.25) is 0 Å². The number of rotatable bonds is 3. The van der Waals surface area contributed by atoms with Crippen molar-refractivity contribution in [1.29, 1.82) is 0 Å². The molecule has 6 nitrogen and oxygen atoms in total. The van der Waals surface area contributed by atoms with Gasteiger partial charge in [-0.05, 0) is 12.2 Å². The van der Waals surface area contributed by atoms with Gasteiger partial charge in [0, 0.05) is 11.1 Å². The molecule has 0 aromatic heterocycles. The largest absolute Gasteiger partial charge is 0.493 e. The summed E-state index contributed by atoms with van der Waals surface area (Å²) < 4.78 is 9.80. The van der Waals surface area contributed by atoms with Gasteiger partial charge in [-0.2, -0.15) is 0 Å². The average Bonchev–Trinajstić information content (AvgIpc) is 2.48. The van der Waals surface area contributed by atoms with Crippen molar-refractivity contribution >= 4 is 23.1 Å². The van der Waals surface area contributed by atoms with Gasteiger partial charge < -0.3 is 9.47 Å².